The fourth-order valence-electron chi connectivity index (χ4n) is 3.46. The van der Waals surface area contributed by atoms with Gasteiger partial charge in [-0.15, -0.1) is 0 Å². The van der Waals surface area contributed by atoms with Gasteiger partial charge in [0.05, 0.1) is 5.92 Å². The van der Waals surface area contributed by atoms with Crippen LogP contribution >= 0.6 is 0 Å². The topological polar surface area (TPSA) is 96.0 Å². The summed E-state index contributed by atoms with van der Waals surface area (Å²) < 4.78 is 16.2. The molecule has 0 unspecified atom stereocenters. The van der Waals surface area contributed by atoms with Crippen LogP contribution in [0, 0.1) is 11.8 Å². The highest BCUT2D eigenvalue weighted by atomic mass is 16.6. The molecular formula is C22H28O7. The molecule has 0 amide bonds. The lowest BCUT2D eigenvalue weighted by molar-refractivity contribution is -0.153. The van der Waals surface area contributed by atoms with Crippen LogP contribution in [-0.2, 0) is 33.4 Å². The monoisotopic (exact) mass is 404 g/mol. The molecular weight excluding hydrogens is 376 g/mol. The van der Waals surface area contributed by atoms with E-state index in [0.29, 0.717) is 18.4 Å². The third-order valence-corrected chi connectivity index (χ3v) is 4.84. The molecule has 1 saturated heterocycles. The Morgan fingerprint density at radius 1 is 1.38 bits per heavy atom. The maximum absolute atomic E-state index is 12.3. The van der Waals surface area contributed by atoms with Crippen LogP contribution in [0.4, 0.5) is 0 Å². The first kappa shape index (κ1) is 22.6. The van der Waals surface area contributed by atoms with Crippen molar-refractivity contribution in [1.82, 2.24) is 0 Å². The number of carbonyl (C=O) groups excluding carboxylic acids is 4. The maximum atomic E-state index is 12.3. The van der Waals surface area contributed by atoms with Gasteiger partial charge in [0.25, 0.3) is 0 Å². The number of hydrogen-bond donors (Lipinski definition) is 0. The molecule has 0 saturated carbocycles. The van der Waals surface area contributed by atoms with Crippen LogP contribution in [0.25, 0.3) is 0 Å². The number of esters is 3. The number of hydrogen-bond acceptors (Lipinski definition) is 7. The van der Waals surface area contributed by atoms with Crippen LogP contribution in [0.1, 0.15) is 46.5 Å². The van der Waals surface area contributed by atoms with Crippen molar-refractivity contribution in [2.45, 2.75) is 58.7 Å². The summed E-state index contributed by atoms with van der Waals surface area (Å²) in [5.41, 5.74) is 1.44. The highest BCUT2D eigenvalue weighted by Crippen LogP contribution is 2.36. The molecule has 0 aromatic carbocycles. The standard InChI is InChI=1S/C22H28O7/c1-13(2)8-20(25)28-18-9-16(11-23)6-5-7-17(12-27-15(4)24)10-19-21(18)14(3)22(26)29-19/h6,10-11,13,18-19,21H,3,5,7-9,12H2,1-2,4H3/b16-6+,17-10+/t18-,19-,21-/m1/s1. The first-order valence-corrected chi connectivity index (χ1v) is 9.77. The average molecular weight is 404 g/mol. The Kier molecular flexibility index (Phi) is 7.93. The number of carbonyl (C=O) groups is 4. The molecule has 0 aromatic rings. The average Bonchev–Trinajstić information content (AvgIpc) is 2.90. The lowest BCUT2D eigenvalue weighted by Gasteiger charge is -2.27. The van der Waals surface area contributed by atoms with E-state index in [-0.39, 0.29) is 30.9 Å². The van der Waals surface area contributed by atoms with Crippen LogP contribution in [-0.4, -0.2) is 43.0 Å². The van der Waals surface area contributed by atoms with Gasteiger partial charge < -0.3 is 14.2 Å². The highest BCUT2D eigenvalue weighted by Gasteiger charge is 2.44. The van der Waals surface area contributed by atoms with Crippen molar-refractivity contribution in [2.24, 2.45) is 11.8 Å². The number of rotatable bonds is 6. The van der Waals surface area contributed by atoms with Crippen LogP contribution in [0.2, 0.25) is 0 Å². The maximum Gasteiger partial charge on any atom is 0.334 e. The third-order valence-electron chi connectivity index (χ3n) is 4.84. The smallest absolute Gasteiger partial charge is 0.334 e. The highest BCUT2D eigenvalue weighted by molar-refractivity contribution is 5.91. The van der Waals surface area contributed by atoms with E-state index in [1.165, 1.54) is 6.92 Å². The van der Waals surface area contributed by atoms with Crippen molar-refractivity contribution in [1.29, 1.82) is 0 Å². The van der Waals surface area contributed by atoms with E-state index in [1.807, 2.05) is 13.8 Å². The molecule has 0 bridgehead atoms. The van der Waals surface area contributed by atoms with Crippen LogP contribution in [0.15, 0.2) is 35.5 Å². The molecule has 7 heteroatoms. The predicted octanol–water partition coefficient (Wildman–Crippen LogP) is 2.84. The summed E-state index contributed by atoms with van der Waals surface area (Å²) in [6.07, 6.45) is 4.27. The van der Waals surface area contributed by atoms with Crippen LogP contribution in [0.3, 0.4) is 0 Å². The molecule has 7 nitrogen and oxygen atoms in total. The van der Waals surface area contributed by atoms with Crippen molar-refractivity contribution in [3.8, 4) is 0 Å². The summed E-state index contributed by atoms with van der Waals surface area (Å²) in [5.74, 6) is -1.89. The summed E-state index contributed by atoms with van der Waals surface area (Å²) in [6.45, 7) is 9.01. The van der Waals surface area contributed by atoms with E-state index < -0.39 is 36.0 Å². The second-order valence-electron chi connectivity index (χ2n) is 7.79. The molecule has 1 aliphatic heterocycles. The van der Waals surface area contributed by atoms with Gasteiger partial charge in [0.15, 0.2) is 0 Å². The van der Waals surface area contributed by atoms with E-state index in [0.717, 1.165) is 11.9 Å². The van der Waals surface area contributed by atoms with E-state index >= 15 is 0 Å². The molecule has 29 heavy (non-hydrogen) atoms. The molecule has 0 aromatic heterocycles. The Hall–Kier alpha value is -2.70. The Balaban J connectivity index is 2.38. The normalized spacial score (nSPS) is 28.3. The molecule has 1 heterocycles. The van der Waals surface area contributed by atoms with Crippen molar-refractivity contribution >= 4 is 24.2 Å². The van der Waals surface area contributed by atoms with Crippen LogP contribution in [0.5, 0.6) is 0 Å². The SMILES string of the molecule is C=C1C(=O)O[C@@H]2/C=C(/COC(C)=O)CC/C=C(/C=O)C[C@@H](OC(=O)CC(C)C)[C@@H]12. The van der Waals surface area contributed by atoms with Gasteiger partial charge in [0, 0.05) is 25.3 Å². The number of aldehydes is 1. The van der Waals surface area contributed by atoms with Crippen molar-refractivity contribution in [3.05, 3.63) is 35.5 Å². The minimum atomic E-state index is -0.758. The molecule has 2 aliphatic rings. The molecule has 1 fully saturated rings. The lowest BCUT2D eigenvalue weighted by atomic mass is 9.85. The molecule has 0 N–H and O–H groups in total. The fraction of sp³-hybridized carbons (Fsp3) is 0.545. The summed E-state index contributed by atoms with van der Waals surface area (Å²) in [7, 11) is 0. The Labute approximate surface area is 170 Å². The third kappa shape index (κ3) is 6.41. The largest absolute Gasteiger partial charge is 0.461 e. The minimum absolute atomic E-state index is 0.0602. The van der Waals surface area contributed by atoms with Gasteiger partial charge in [-0.25, -0.2) is 4.79 Å². The van der Waals surface area contributed by atoms with Gasteiger partial charge in [-0.1, -0.05) is 26.5 Å². The second kappa shape index (κ2) is 10.2. The van der Waals surface area contributed by atoms with Gasteiger partial charge in [-0.2, -0.15) is 0 Å². The van der Waals surface area contributed by atoms with Gasteiger partial charge in [-0.05, 0) is 36.0 Å². The first-order chi connectivity index (χ1) is 13.7. The van der Waals surface area contributed by atoms with Crippen molar-refractivity contribution in [3.63, 3.8) is 0 Å². The molecule has 1 aliphatic carbocycles. The number of fused-ring (bicyclic) bond motifs is 1. The van der Waals surface area contributed by atoms with Gasteiger partial charge in [0.2, 0.25) is 0 Å². The van der Waals surface area contributed by atoms with Crippen LogP contribution < -0.4 is 0 Å². The fourth-order valence-corrected chi connectivity index (χ4v) is 3.46. The van der Waals surface area contributed by atoms with E-state index in [1.54, 1.807) is 12.2 Å². The molecule has 158 valence electrons. The molecule has 0 spiro atoms. The summed E-state index contributed by atoms with van der Waals surface area (Å²) in [5, 5.41) is 0. The first-order valence-electron chi connectivity index (χ1n) is 9.77. The van der Waals surface area contributed by atoms with Crippen molar-refractivity contribution in [2.75, 3.05) is 6.61 Å². The Morgan fingerprint density at radius 2 is 2.10 bits per heavy atom. The summed E-state index contributed by atoms with van der Waals surface area (Å²) in [4.78, 5) is 47.3. The number of allylic oxidation sites excluding steroid dienone is 1. The zero-order valence-electron chi connectivity index (χ0n) is 17.1. The molecule has 0 radical (unpaired) electrons. The molecule has 2 rings (SSSR count). The second-order valence-corrected chi connectivity index (χ2v) is 7.79. The Morgan fingerprint density at radius 3 is 2.72 bits per heavy atom. The zero-order valence-corrected chi connectivity index (χ0v) is 17.1. The minimum Gasteiger partial charge on any atom is -0.461 e. The Bertz CT molecular complexity index is 744. The van der Waals surface area contributed by atoms with Gasteiger partial charge in [-0.3, -0.25) is 14.4 Å². The van der Waals surface area contributed by atoms with Gasteiger partial charge >= 0.3 is 17.9 Å². The van der Waals surface area contributed by atoms with Crippen molar-refractivity contribution < 1.29 is 33.4 Å². The zero-order chi connectivity index (χ0) is 21.6. The van der Waals surface area contributed by atoms with E-state index in [9.17, 15) is 19.2 Å². The van der Waals surface area contributed by atoms with Gasteiger partial charge in [0.1, 0.15) is 25.1 Å². The summed E-state index contributed by atoms with van der Waals surface area (Å²) in [6, 6.07) is 0. The predicted molar refractivity (Wildman–Crippen MR) is 105 cm³/mol. The number of ether oxygens (including phenoxy) is 3. The summed E-state index contributed by atoms with van der Waals surface area (Å²) >= 11 is 0. The molecule has 3 atom stereocenters. The quantitative estimate of drug-likeness (QED) is 0.221. The van der Waals surface area contributed by atoms with E-state index in [4.69, 9.17) is 14.2 Å². The lowest BCUT2D eigenvalue weighted by Crippen LogP contribution is -2.34. The van der Waals surface area contributed by atoms with E-state index in [2.05, 4.69) is 6.58 Å².